The zero-order valence-electron chi connectivity index (χ0n) is 16.3. The Labute approximate surface area is 157 Å². The molecule has 0 spiro atoms. The van der Waals surface area contributed by atoms with Crippen LogP contribution >= 0.6 is 0 Å². The van der Waals surface area contributed by atoms with E-state index < -0.39 is 41.4 Å². The molecule has 8 heteroatoms. The largest absolute Gasteiger partial charge is 0.456 e. The molecule has 0 bridgehead atoms. The van der Waals surface area contributed by atoms with Crippen LogP contribution in [-0.2, 0) is 14.3 Å². The molecule has 1 N–H and O–H groups in total. The first-order chi connectivity index (χ1) is 12.2. The van der Waals surface area contributed by atoms with E-state index in [0.29, 0.717) is 5.56 Å². The van der Waals surface area contributed by atoms with Gasteiger partial charge in [-0.2, -0.15) is 13.2 Å². The average Bonchev–Trinajstić information content (AvgIpc) is 2.51. The molecule has 1 rings (SSSR count). The number of rotatable bonds is 5. The van der Waals surface area contributed by atoms with E-state index in [4.69, 9.17) is 9.47 Å². The molecule has 152 valence electrons. The monoisotopic (exact) mass is 389 g/mol. The molecule has 0 heterocycles. The highest BCUT2D eigenvalue weighted by atomic mass is 19.4. The fourth-order valence-corrected chi connectivity index (χ4v) is 2.25. The highest BCUT2D eigenvalue weighted by molar-refractivity contribution is 5.86. The third-order valence-electron chi connectivity index (χ3n) is 4.09. The van der Waals surface area contributed by atoms with Gasteiger partial charge in [0, 0.05) is 0 Å². The fourth-order valence-electron chi connectivity index (χ4n) is 2.25. The zero-order valence-corrected chi connectivity index (χ0v) is 16.3. The van der Waals surface area contributed by atoms with Gasteiger partial charge in [-0.3, -0.25) is 0 Å². The van der Waals surface area contributed by atoms with Gasteiger partial charge in [0.25, 0.3) is 0 Å². The van der Waals surface area contributed by atoms with Gasteiger partial charge in [0.1, 0.15) is 17.2 Å². The number of alkyl halides is 3. The van der Waals surface area contributed by atoms with Crippen LogP contribution in [0.2, 0.25) is 0 Å². The minimum absolute atomic E-state index is 0.616. The number of carbonyl (C=O) groups is 2. The van der Waals surface area contributed by atoms with Gasteiger partial charge in [0.15, 0.2) is 0 Å². The van der Waals surface area contributed by atoms with Crippen molar-refractivity contribution in [3.05, 3.63) is 35.9 Å². The van der Waals surface area contributed by atoms with Crippen molar-refractivity contribution in [2.45, 2.75) is 65.0 Å². The molecule has 0 aliphatic rings. The van der Waals surface area contributed by atoms with Gasteiger partial charge >= 0.3 is 18.2 Å². The summed E-state index contributed by atoms with van der Waals surface area (Å²) in [7, 11) is 0. The molecule has 1 aromatic carbocycles. The van der Waals surface area contributed by atoms with E-state index in [0.717, 1.165) is 13.8 Å². The van der Waals surface area contributed by atoms with Crippen LogP contribution in [0.1, 0.15) is 53.2 Å². The number of nitrogens with one attached hydrogen (secondary N) is 1. The number of esters is 1. The Morgan fingerprint density at radius 1 is 1.00 bits per heavy atom. The molecule has 0 aromatic heterocycles. The lowest BCUT2D eigenvalue weighted by Crippen LogP contribution is -2.61. The van der Waals surface area contributed by atoms with Gasteiger partial charge in [-0.15, -0.1) is 0 Å². The first-order valence-electron chi connectivity index (χ1n) is 8.50. The standard InChI is InChI=1S/C19H26F3NO4/c1-12(14-10-8-7-9-11-14)26-15(24)18(6,13(2)19(20,21)22)23-16(25)27-17(3,4)5/h7-13H,1-6H3,(H,23,25)/t12-,13?,18?/m0/s1. The van der Waals surface area contributed by atoms with Crippen molar-refractivity contribution in [2.75, 3.05) is 0 Å². The van der Waals surface area contributed by atoms with Gasteiger partial charge in [-0.25, -0.2) is 9.59 Å². The molecule has 0 aliphatic heterocycles. The maximum Gasteiger partial charge on any atom is 0.408 e. The maximum atomic E-state index is 13.4. The first-order valence-corrected chi connectivity index (χ1v) is 8.50. The highest BCUT2D eigenvalue weighted by Crippen LogP contribution is 2.36. The Morgan fingerprint density at radius 3 is 1.96 bits per heavy atom. The zero-order chi connectivity index (χ0) is 21.0. The Balaban J connectivity index is 3.09. The average molecular weight is 389 g/mol. The second kappa shape index (κ2) is 8.19. The van der Waals surface area contributed by atoms with Gasteiger partial charge in [-0.05, 0) is 40.2 Å². The van der Waals surface area contributed by atoms with Crippen LogP contribution in [0.5, 0.6) is 0 Å². The number of hydrogen-bond donors (Lipinski definition) is 1. The van der Waals surface area contributed by atoms with E-state index in [2.05, 4.69) is 5.32 Å². The van der Waals surface area contributed by atoms with Gasteiger partial charge in [-0.1, -0.05) is 37.3 Å². The molecule has 0 fully saturated rings. The van der Waals surface area contributed by atoms with Gasteiger partial charge in [0.05, 0.1) is 5.92 Å². The number of halogens is 3. The van der Waals surface area contributed by atoms with Gasteiger partial charge in [0.2, 0.25) is 0 Å². The van der Waals surface area contributed by atoms with E-state index in [1.165, 1.54) is 0 Å². The fraction of sp³-hybridized carbons (Fsp3) is 0.579. The lowest BCUT2D eigenvalue weighted by Gasteiger charge is -2.36. The SMILES string of the molecule is CC(C(F)(F)F)C(C)(NC(=O)OC(C)(C)C)C(=O)O[C@@H](C)c1ccccc1. The molecule has 2 unspecified atom stereocenters. The Bertz CT molecular complexity index is 655. The molecule has 0 saturated carbocycles. The quantitative estimate of drug-likeness (QED) is 0.737. The van der Waals surface area contributed by atoms with Crippen molar-refractivity contribution in [2.24, 2.45) is 5.92 Å². The van der Waals surface area contributed by atoms with Crippen molar-refractivity contribution in [3.63, 3.8) is 0 Å². The summed E-state index contributed by atoms with van der Waals surface area (Å²) in [5.74, 6) is -3.40. The third-order valence-corrected chi connectivity index (χ3v) is 4.09. The number of ether oxygens (including phenoxy) is 2. The molecular formula is C19H26F3NO4. The van der Waals surface area contributed by atoms with Crippen molar-refractivity contribution in [1.29, 1.82) is 0 Å². The Hall–Kier alpha value is -2.25. The lowest BCUT2D eigenvalue weighted by atomic mass is 9.86. The summed E-state index contributed by atoms with van der Waals surface area (Å²) in [4.78, 5) is 24.7. The topological polar surface area (TPSA) is 64.6 Å². The van der Waals surface area contributed by atoms with E-state index >= 15 is 0 Å². The lowest BCUT2D eigenvalue weighted by molar-refractivity contribution is -0.201. The number of amides is 1. The van der Waals surface area contributed by atoms with Crippen LogP contribution in [0, 0.1) is 5.92 Å². The van der Waals surface area contributed by atoms with Crippen LogP contribution in [0.25, 0.3) is 0 Å². The molecule has 27 heavy (non-hydrogen) atoms. The second-order valence-electron chi connectivity index (χ2n) is 7.55. The Morgan fingerprint density at radius 2 is 1.52 bits per heavy atom. The summed E-state index contributed by atoms with van der Waals surface area (Å²) in [5, 5.41) is 2.06. The summed E-state index contributed by atoms with van der Waals surface area (Å²) in [6.45, 7) is 8.02. The summed E-state index contributed by atoms with van der Waals surface area (Å²) < 4.78 is 50.3. The predicted octanol–water partition coefficient (Wildman–Crippen LogP) is 4.77. The van der Waals surface area contributed by atoms with Crippen LogP contribution in [0.4, 0.5) is 18.0 Å². The molecular weight excluding hydrogens is 363 g/mol. The van der Waals surface area contributed by atoms with Crippen molar-refractivity contribution in [1.82, 2.24) is 5.32 Å². The minimum Gasteiger partial charge on any atom is -0.456 e. The van der Waals surface area contributed by atoms with Crippen molar-refractivity contribution >= 4 is 12.1 Å². The molecule has 1 amide bonds. The smallest absolute Gasteiger partial charge is 0.408 e. The molecule has 0 radical (unpaired) electrons. The molecule has 0 saturated heterocycles. The summed E-state index contributed by atoms with van der Waals surface area (Å²) in [6.07, 6.45) is -6.66. The van der Waals surface area contributed by atoms with E-state index in [1.54, 1.807) is 58.0 Å². The number of hydrogen-bond acceptors (Lipinski definition) is 4. The van der Waals surface area contributed by atoms with Crippen LogP contribution in [0.3, 0.4) is 0 Å². The molecule has 1 aromatic rings. The predicted molar refractivity (Wildman–Crippen MR) is 93.9 cm³/mol. The highest BCUT2D eigenvalue weighted by Gasteiger charge is 2.55. The third kappa shape index (κ3) is 6.45. The summed E-state index contributed by atoms with van der Waals surface area (Å²) in [5.41, 5.74) is -2.68. The normalized spacial score (nSPS) is 16.6. The van der Waals surface area contributed by atoms with Crippen LogP contribution in [-0.4, -0.2) is 29.4 Å². The molecule has 0 aliphatic carbocycles. The maximum absolute atomic E-state index is 13.4. The minimum atomic E-state index is -4.74. The molecule has 5 nitrogen and oxygen atoms in total. The van der Waals surface area contributed by atoms with E-state index in [-0.39, 0.29) is 0 Å². The van der Waals surface area contributed by atoms with Crippen molar-refractivity contribution in [3.8, 4) is 0 Å². The van der Waals surface area contributed by atoms with E-state index in [1.807, 2.05) is 0 Å². The van der Waals surface area contributed by atoms with Crippen LogP contribution in [0.15, 0.2) is 30.3 Å². The number of carbonyl (C=O) groups excluding carboxylic acids is 2. The first kappa shape index (κ1) is 22.8. The number of benzene rings is 1. The van der Waals surface area contributed by atoms with Crippen molar-refractivity contribution < 1.29 is 32.2 Å². The Kier molecular flexibility index (Phi) is 6.91. The molecule has 3 atom stereocenters. The summed E-state index contributed by atoms with van der Waals surface area (Å²) >= 11 is 0. The van der Waals surface area contributed by atoms with E-state index in [9.17, 15) is 22.8 Å². The van der Waals surface area contributed by atoms with Crippen LogP contribution < -0.4 is 5.32 Å². The number of alkyl carbamates (subject to hydrolysis) is 1. The summed E-state index contributed by atoms with van der Waals surface area (Å²) in [6, 6.07) is 8.57. The second-order valence-corrected chi connectivity index (χ2v) is 7.55. The van der Waals surface area contributed by atoms with Gasteiger partial charge < -0.3 is 14.8 Å².